The molecule has 2 nitrogen and oxygen atoms in total. The Balaban J connectivity index is 2.26. The number of nitrogens with zero attached hydrogens (tertiary/aromatic N) is 1. The Morgan fingerprint density at radius 2 is 1.87 bits per heavy atom. The summed E-state index contributed by atoms with van der Waals surface area (Å²) in [6.07, 6.45) is 0. The fourth-order valence-corrected chi connectivity index (χ4v) is 2.41. The van der Waals surface area contributed by atoms with Crippen LogP contribution in [0.2, 0.25) is 0 Å². The predicted octanol–water partition coefficient (Wildman–Crippen LogP) is 2.59. The van der Waals surface area contributed by atoms with Crippen LogP contribution in [0.3, 0.4) is 0 Å². The SMILES string of the molecule is CC(C)N1C(=O)[C@H](Cl)[C@H]1c1ccccc1. The second kappa shape index (κ2) is 3.86. The third-order valence-electron chi connectivity index (χ3n) is 2.76. The maximum absolute atomic E-state index is 11.6. The molecule has 1 amide bonds. The number of benzene rings is 1. The molecule has 1 heterocycles. The Bertz CT molecular complexity index is 363. The maximum atomic E-state index is 11.6. The van der Waals surface area contributed by atoms with Gasteiger partial charge in [-0.15, -0.1) is 11.6 Å². The molecule has 0 spiro atoms. The van der Waals surface area contributed by atoms with E-state index in [0.29, 0.717) is 0 Å². The van der Waals surface area contributed by atoms with Gasteiger partial charge in [0.25, 0.3) is 0 Å². The number of β-lactam (4-membered cyclic amide) rings is 1. The summed E-state index contributed by atoms with van der Waals surface area (Å²) in [5, 5.41) is -0.394. The molecule has 15 heavy (non-hydrogen) atoms. The molecule has 0 radical (unpaired) electrons. The molecule has 3 heteroatoms. The molecule has 0 N–H and O–H groups in total. The van der Waals surface area contributed by atoms with Crippen molar-refractivity contribution in [3.05, 3.63) is 35.9 Å². The van der Waals surface area contributed by atoms with Gasteiger partial charge < -0.3 is 4.90 Å². The summed E-state index contributed by atoms with van der Waals surface area (Å²) >= 11 is 6.05. The lowest BCUT2D eigenvalue weighted by atomic mass is 9.92. The summed E-state index contributed by atoms with van der Waals surface area (Å²) in [6.45, 7) is 4.02. The molecule has 80 valence electrons. The first-order valence-corrected chi connectivity index (χ1v) is 5.57. The molecule has 0 unspecified atom stereocenters. The van der Waals surface area contributed by atoms with Crippen LogP contribution in [0, 0.1) is 0 Å². The zero-order chi connectivity index (χ0) is 11.0. The molecular formula is C12H14ClNO. The molecule has 1 aliphatic rings. The maximum Gasteiger partial charge on any atom is 0.243 e. The molecule has 0 aromatic heterocycles. The van der Waals surface area contributed by atoms with Crippen LogP contribution in [0.5, 0.6) is 0 Å². The normalized spacial score (nSPS) is 25.6. The third kappa shape index (κ3) is 1.63. The lowest BCUT2D eigenvalue weighted by molar-refractivity contribution is -0.148. The largest absolute Gasteiger partial charge is 0.330 e. The number of amides is 1. The smallest absolute Gasteiger partial charge is 0.243 e. The van der Waals surface area contributed by atoms with Crippen LogP contribution < -0.4 is 0 Å². The van der Waals surface area contributed by atoms with Crippen molar-refractivity contribution < 1.29 is 4.79 Å². The number of carbonyl (C=O) groups is 1. The molecular weight excluding hydrogens is 210 g/mol. The average molecular weight is 224 g/mol. The van der Waals surface area contributed by atoms with Crippen LogP contribution in [0.25, 0.3) is 0 Å². The van der Waals surface area contributed by atoms with E-state index in [1.165, 1.54) is 0 Å². The minimum atomic E-state index is -0.394. The quantitative estimate of drug-likeness (QED) is 0.558. The molecule has 1 fully saturated rings. The molecule has 0 bridgehead atoms. The minimum Gasteiger partial charge on any atom is -0.330 e. The Morgan fingerprint density at radius 1 is 1.27 bits per heavy atom. The van der Waals surface area contributed by atoms with E-state index in [2.05, 4.69) is 0 Å². The van der Waals surface area contributed by atoms with Crippen molar-refractivity contribution in [1.29, 1.82) is 0 Å². The summed E-state index contributed by atoms with van der Waals surface area (Å²) in [7, 11) is 0. The van der Waals surface area contributed by atoms with Gasteiger partial charge in [0.05, 0.1) is 6.04 Å². The highest BCUT2D eigenvalue weighted by atomic mass is 35.5. The monoisotopic (exact) mass is 223 g/mol. The van der Waals surface area contributed by atoms with E-state index in [9.17, 15) is 4.79 Å². The topological polar surface area (TPSA) is 20.3 Å². The number of hydrogen-bond acceptors (Lipinski definition) is 1. The van der Waals surface area contributed by atoms with Gasteiger partial charge in [0, 0.05) is 6.04 Å². The Hall–Kier alpha value is -1.02. The zero-order valence-electron chi connectivity index (χ0n) is 8.85. The Kier molecular flexibility index (Phi) is 2.70. The number of rotatable bonds is 2. The fourth-order valence-electron chi connectivity index (χ4n) is 2.03. The first kappa shape index (κ1) is 10.5. The average Bonchev–Trinajstić information content (AvgIpc) is 2.25. The van der Waals surface area contributed by atoms with Crippen LogP contribution in [0.15, 0.2) is 30.3 Å². The summed E-state index contributed by atoms with van der Waals surface area (Å²) in [5.74, 6) is 0.0421. The van der Waals surface area contributed by atoms with Gasteiger partial charge in [0.2, 0.25) is 5.91 Å². The fraction of sp³-hybridized carbons (Fsp3) is 0.417. The highest BCUT2D eigenvalue weighted by molar-refractivity contribution is 6.33. The summed E-state index contributed by atoms with van der Waals surface area (Å²) < 4.78 is 0. The van der Waals surface area contributed by atoms with Crippen LogP contribution >= 0.6 is 11.6 Å². The first-order chi connectivity index (χ1) is 7.13. The third-order valence-corrected chi connectivity index (χ3v) is 3.19. The van der Waals surface area contributed by atoms with Crippen molar-refractivity contribution in [2.75, 3.05) is 0 Å². The molecule has 2 rings (SSSR count). The minimum absolute atomic E-state index is 0.0420. The van der Waals surface area contributed by atoms with Crippen molar-refractivity contribution in [3.63, 3.8) is 0 Å². The number of likely N-dealkylation sites (tertiary alicyclic amines) is 1. The van der Waals surface area contributed by atoms with Gasteiger partial charge in [-0.05, 0) is 19.4 Å². The zero-order valence-corrected chi connectivity index (χ0v) is 9.61. The van der Waals surface area contributed by atoms with E-state index in [1.54, 1.807) is 0 Å². The predicted molar refractivity (Wildman–Crippen MR) is 60.8 cm³/mol. The number of alkyl halides is 1. The van der Waals surface area contributed by atoms with E-state index in [0.717, 1.165) is 5.56 Å². The first-order valence-electron chi connectivity index (χ1n) is 5.14. The van der Waals surface area contributed by atoms with Gasteiger partial charge in [-0.1, -0.05) is 30.3 Å². The molecule has 1 saturated heterocycles. The highest BCUT2D eigenvalue weighted by Gasteiger charge is 2.47. The van der Waals surface area contributed by atoms with Gasteiger partial charge in [-0.25, -0.2) is 0 Å². The number of halogens is 1. The van der Waals surface area contributed by atoms with Crippen LogP contribution in [0.4, 0.5) is 0 Å². The molecule has 1 aromatic carbocycles. The van der Waals surface area contributed by atoms with Gasteiger partial charge in [-0.2, -0.15) is 0 Å². The summed E-state index contributed by atoms with van der Waals surface area (Å²) in [4.78, 5) is 13.4. The second-order valence-electron chi connectivity index (χ2n) is 4.10. The van der Waals surface area contributed by atoms with Crippen molar-refractivity contribution in [2.45, 2.75) is 31.3 Å². The molecule has 0 saturated carbocycles. The lowest BCUT2D eigenvalue weighted by Crippen LogP contribution is -2.58. The van der Waals surface area contributed by atoms with Gasteiger partial charge in [0.1, 0.15) is 5.38 Å². The van der Waals surface area contributed by atoms with Crippen molar-refractivity contribution >= 4 is 17.5 Å². The Labute approximate surface area is 94.8 Å². The molecule has 1 aliphatic heterocycles. The summed E-state index contributed by atoms with van der Waals surface area (Å²) in [5.41, 5.74) is 1.12. The van der Waals surface area contributed by atoms with Crippen molar-refractivity contribution in [1.82, 2.24) is 4.90 Å². The second-order valence-corrected chi connectivity index (χ2v) is 4.57. The van der Waals surface area contributed by atoms with Crippen LogP contribution in [-0.4, -0.2) is 22.2 Å². The van der Waals surface area contributed by atoms with E-state index in [-0.39, 0.29) is 18.0 Å². The van der Waals surface area contributed by atoms with E-state index >= 15 is 0 Å². The molecule has 0 aliphatic carbocycles. The highest BCUT2D eigenvalue weighted by Crippen LogP contribution is 2.39. The number of carbonyl (C=O) groups excluding carboxylic acids is 1. The van der Waals surface area contributed by atoms with Crippen molar-refractivity contribution in [2.24, 2.45) is 0 Å². The van der Waals surface area contributed by atoms with Crippen molar-refractivity contribution in [3.8, 4) is 0 Å². The molecule has 1 aromatic rings. The van der Waals surface area contributed by atoms with Crippen LogP contribution in [-0.2, 0) is 4.79 Å². The van der Waals surface area contributed by atoms with E-state index < -0.39 is 5.38 Å². The lowest BCUT2D eigenvalue weighted by Gasteiger charge is -2.47. The summed E-state index contributed by atoms with van der Waals surface area (Å²) in [6, 6.07) is 10.2. The Morgan fingerprint density at radius 3 is 2.40 bits per heavy atom. The standard InChI is InChI=1S/C12H14ClNO/c1-8(2)14-11(10(13)12(14)15)9-6-4-3-5-7-9/h3-8,10-11H,1-2H3/t10-,11-/m1/s1. The number of hydrogen-bond donors (Lipinski definition) is 0. The van der Waals surface area contributed by atoms with E-state index in [1.807, 2.05) is 49.1 Å². The van der Waals surface area contributed by atoms with Crippen LogP contribution in [0.1, 0.15) is 25.5 Å². The van der Waals surface area contributed by atoms with Gasteiger partial charge >= 0.3 is 0 Å². The van der Waals surface area contributed by atoms with Gasteiger partial charge in [0.15, 0.2) is 0 Å². The molecule has 2 atom stereocenters. The van der Waals surface area contributed by atoms with E-state index in [4.69, 9.17) is 11.6 Å². The van der Waals surface area contributed by atoms with Gasteiger partial charge in [-0.3, -0.25) is 4.79 Å².